The number of halogens is 2. The highest BCUT2D eigenvalue weighted by atomic mass is 35.5. The van der Waals surface area contributed by atoms with Crippen LogP contribution in [0.25, 0.3) is 5.69 Å². The SMILES string of the molecule is CSCCC(NS(=O)(=O)c1cc(Cl)ccc1Cl)C(=O)Nc1cccc(-n2cccn2)c1. The molecule has 0 saturated carbocycles. The molecular weight excluding hydrogens is 479 g/mol. The van der Waals surface area contributed by atoms with Gasteiger partial charge in [0.1, 0.15) is 10.9 Å². The Hall–Kier alpha value is -2.04. The van der Waals surface area contributed by atoms with Crippen molar-refractivity contribution >= 4 is 56.6 Å². The van der Waals surface area contributed by atoms with Crippen LogP contribution in [0.3, 0.4) is 0 Å². The van der Waals surface area contributed by atoms with E-state index in [0.717, 1.165) is 5.69 Å². The van der Waals surface area contributed by atoms with Crippen LogP contribution in [-0.2, 0) is 14.8 Å². The second kappa shape index (κ2) is 10.5. The van der Waals surface area contributed by atoms with E-state index >= 15 is 0 Å². The van der Waals surface area contributed by atoms with Crippen molar-refractivity contribution in [1.82, 2.24) is 14.5 Å². The second-order valence-corrected chi connectivity index (χ2v) is 10.0. The Bertz CT molecular complexity index is 1150. The zero-order valence-electron chi connectivity index (χ0n) is 16.5. The number of hydrogen-bond acceptors (Lipinski definition) is 5. The molecule has 1 heterocycles. The third-order valence-electron chi connectivity index (χ3n) is 4.29. The monoisotopic (exact) mass is 498 g/mol. The summed E-state index contributed by atoms with van der Waals surface area (Å²) in [6.45, 7) is 0. The number of rotatable bonds is 9. The second-order valence-electron chi connectivity index (χ2n) is 6.52. The summed E-state index contributed by atoms with van der Waals surface area (Å²) in [7, 11) is -4.07. The van der Waals surface area contributed by atoms with Crippen LogP contribution in [0.2, 0.25) is 10.0 Å². The summed E-state index contributed by atoms with van der Waals surface area (Å²) in [6, 6.07) is 12.0. The minimum Gasteiger partial charge on any atom is -0.325 e. The van der Waals surface area contributed by atoms with E-state index < -0.39 is 22.0 Å². The Kier molecular flexibility index (Phi) is 8.01. The summed E-state index contributed by atoms with van der Waals surface area (Å²) < 4.78 is 29.9. The maximum Gasteiger partial charge on any atom is 0.242 e. The Labute approximate surface area is 195 Å². The molecule has 164 valence electrons. The van der Waals surface area contributed by atoms with Gasteiger partial charge in [-0.2, -0.15) is 21.6 Å². The van der Waals surface area contributed by atoms with Gasteiger partial charge in [0, 0.05) is 23.1 Å². The van der Waals surface area contributed by atoms with Crippen LogP contribution in [0.1, 0.15) is 6.42 Å². The smallest absolute Gasteiger partial charge is 0.242 e. The number of anilines is 1. The summed E-state index contributed by atoms with van der Waals surface area (Å²) in [6.07, 6.45) is 5.61. The maximum atomic E-state index is 12.9. The largest absolute Gasteiger partial charge is 0.325 e. The third kappa shape index (κ3) is 6.24. The van der Waals surface area contributed by atoms with E-state index in [9.17, 15) is 13.2 Å². The van der Waals surface area contributed by atoms with Crippen molar-refractivity contribution in [2.45, 2.75) is 17.4 Å². The van der Waals surface area contributed by atoms with Crippen LogP contribution in [-0.4, -0.2) is 42.2 Å². The predicted molar refractivity (Wildman–Crippen MR) is 126 cm³/mol. The number of amides is 1. The van der Waals surface area contributed by atoms with Crippen molar-refractivity contribution in [3.05, 3.63) is 71.0 Å². The van der Waals surface area contributed by atoms with Gasteiger partial charge in [-0.15, -0.1) is 0 Å². The molecule has 31 heavy (non-hydrogen) atoms. The highest BCUT2D eigenvalue weighted by Crippen LogP contribution is 2.25. The molecule has 3 rings (SSSR count). The summed E-state index contributed by atoms with van der Waals surface area (Å²) in [5, 5.41) is 7.19. The zero-order valence-corrected chi connectivity index (χ0v) is 19.6. The standard InChI is InChI=1S/C20H20Cl2N4O3S2/c1-30-11-8-18(25-31(28,29)19-12-14(21)6-7-17(19)22)20(27)24-15-4-2-5-16(13-15)26-10-3-9-23-26/h2-7,9-10,12-13,18,25H,8,11H2,1H3,(H,24,27). The van der Waals surface area contributed by atoms with E-state index in [2.05, 4.69) is 15.1 Å². The molecule has 0 aliphatic heterocycles. The normalized spacial score (nSPS) is 12.5. The van der Waals surface area contributed by atoms with Crippen LogP contribution < -0.4 is 10.0 Å². The van der Waals surface area contributed by atoms with Crippen molar-refractivity contribution in [3.8, 4) is 5.69 Å². The van der Waals surface area contributed by atoms with Crippen molar-refractivity contribution in [3.63, 3.8) is 0 Å². The molecule has 0 saturated heterocycles. The Morgan fingerprint density at radius 3 is 2.71 bits per heavy atom. The van der Waals surface area contributed by atoms with Crippen molar-refractivity contribution in [2.24, 2.45) is 0 Å². The first-order valence-electron chi connectivity index (χ1n) is 9.17. The van der Waals surface area contributed by atoms with Gasteiger partial charge in [0.25, 0.3) is 0 Å². The van der Waals surface area contributed by atoms with Crippen molar-refractivity contribution in [2.75, 3.05) is 17.3 Å². The molecule has 0 aliphatic carbocycles. The molecule has 1 amide bonds. The number of sulfonamides is 1. The number of hydrogen-bond donors (Lipinski definition) is 2. The zero-order chi connectivity index (χ0) is 22.4. The molecule has 2 aromatic carbocycles. The third-order valence-corrected chi connectivity index (χ3v) is 7.12. The average Bonchev–Trinajstić information content (AvgIpc) is 3.28. The van der Waals surface area contributed by atoms with Gasteiger partial charge in [-0.3, -0.25) is 4.79 Å². The van der Waals surface area contributed by atoms with E-state index in [4.69, 9.17) is 23.2 Å². The van der Waals surface area contributed by atoms with E-state index in [0.29, 0.717) is 17.9 Å². The molecule has 1 unspecified atom stereocenters. The van der Waals surface area contributed by atoms with Crippen LogP contribution in [0.4, 0.5) is 5.69 Å². The van der Waals surface area contributed by atoms with Gasteiger partial charge in [-0.25, -0.2) is 13.1 Å². The topological polar surface area (TPSA) is 93.1 Å². The van der Waals surface area contributed by atoms with Gasteiger partial charge in [0.2, 0.25) is 15.9 Å². The lowest BCUT2D eigenvalue weighted by molar-refractivity contribution is -0.117. The average molecular weight is 499 g/mol. The molecule has 3 aromatic rings. The minimum absolute atomic E-state index is 0.0212. The molecule has 1 aromatic heterocycles. The van der Waals surface area contributed by atoms with Crippen molar-refractivity contribution < 1.29 is 13.2 Å². The number of carbonyl (C=O) groups excluding carboxylic acids is 1. The van der Waals surface area contributed by atoms with Crippen LogP contribution in [0.15, 0.2) is 65.8 Å². The molecular formula is C20H20Cl2N4O3S2. The summed E-state index contributed by atoms with van der Waals surface area (Å²) in [5.41, 5.74) is 1.28. The fourth-order valence-corrected chi connectivity index (χ4v) is 5.25. The van der Waals surface area contributed by atoms with Gasteiger partial charge in [0.15, 0.2) is 0 Å². The first-order valence-corrected chi connectivity index (χ1v) is 12.8. The van der Waals surface area contributed by atoms with Gasteiger partial charge < -0.3 is 5.32 Å². The molecule has 7 nitrogen and oxygen atoms in total. The predicted octanol–water partition coefficient (Wildman–Crippen LogP) is 4.22. The summed E-state index contributed by atoms with van der Waals surface area (Å²) in [5.74, 6) is 0.102. The van der Waals surface area contributed by atoms with E-state index in [-0.39, 0.29) is 14.9 Å². The fraction of sp³-hybridized carbons (Fsp3) is 0.200. The molecule has 0 spiro atoms. The van der Waals surface area contributed by atoms with Gasteiger partial charge in [0.05, 0.1) is 10.7 Å². The number of nitrogens with one attached hydrogen (secondary N) is 2. The number of nitrogens with zero attached hydrogens (tertiary/aromatic N) is 2. The van der Waals surface area contributed by atoms with Gasteiger partial charge in [-0.05, 0) is 60.9 Å². The summed E-state index contributed by atoms with van der Waals surface area (Å²) >= 11 is 13.5. The van der Waals surface area contributed by atoms with Gasteiger partial charge >= 0.3 is 0 Å². The molecule has 1 atom stereocenters. The van der Waals surface area contributed by atoms with E-state index in [1.165, 1.54) is 30.0 Å². The molecule has 2 N–H and O–H groups in total. The molecule has 0 bridgehead atoms. The highest BCUT2D eigenvalue weighted by molar-refractivity contribution is 7.98. The van der Waals surface area contributed by atoms with E-state index in [1.54, 1.807) is 41.3 Å². The highest BCUT2D eigenvalue weighted by Gasteiger charge is 2.27. The lowest BCUT2D eigenvalue weighted by atomic mass is 10.2. The first kappa shape index (κ1) is 23.6. The van der Waals surface area contributed by atoms with Crippen LogP contribution in [0, 0.1) is 0 Å². The first-order chi connectivity index (χ1) is 14.8. The van der Waals surface area contributed by atoms with Crippen LogP contribution >= 0.6 is 35.0 Å². The molecule has 0 fully saturated rings. The summed E-state index contributed by atoms with van der Waals surface area (Å²) in [4.78, 5) is 12.8. The lowest BCUT2D eigenvalue weighted by Crippen LogP contribution is -2.44. The Morgan fingerprint density at radius 1 is 1.19 bits per heavy atom. The quantitative estimate of drug-likeness (QED) is 0.460. The van der Waals surface area contributed by atoms with E-state index in [1.807, 2.05) is 12.3 Å². The number of carbonyl (C=O) groups is 1. The lowest BCUT2D eigenvalue weighted by Gasteiger charge is -2.19. The van der Waals surface area contributed by atoms with Gasteiger partial charge in [-0.1, -0.05) is 29.3 Å². The molecule has 11 heteroatoms. The molecule has 0 radical (unpaired) electrons. The number of benzene rings is 2. The fourth-order valence-electron chi connectivity index (χ4n) is 2.79. The Balaban J connectivity index is 1.81. The molecule has 0 aliphatic rings. The number of thioether (sulfide) groups is 1. The van der Waals surface area contributed by atoms with Crippen LogP contribution in [0.5, 0.6) is 0 Å². The maximum absolute atomic E-state index is 12.9. The minimum atomic E-state index is -4.07. The van der Waals surface area contributed by atoms with Crippen molar-refractivity contribution in [1.29, 1.82) is 0 Å². The number of aromatic nitrogens is 2. The Morgan fingerprint density at radius 2 is 2.00 bits per heavy atom.